The van der Waals surface area contributed by atoms with E-state index in [1.807, 2.05) is 0 Å². The first kappa shape index (κ1) is 11.1. The van der Waals surface area contributed by atoms with E-state index >= 15 is 0 Å². The molecule has 0 saturated heterocycles. The van der Waals surface area contributed by atoms with Crippen molar-refractivity contribution in [3.05, 3.63) is 33.7 Å². The van der Waals surface area contributed by atoms with Crippen LogP contribution in [0, 0.1) is 12.7 Å². The van der Waals surface area contributed by atoms with E-state index in [1.54, 1.807) is 6.92 Å². The summed E-state index contributed by atoms with van der Waals surface area (Å²) in [5.74, 6) is -0.513. The second kappa shape index (κ2) is 3.90. The Labute approximate surface area is 99.3 Å². The van der Waals surface area contributed by atoms with E-state index in [0.29, 0.717) is 26.8 Å². The molecule has 2 rings (SSSR count). The van der Waals surface area contributed by atoms with Gasteiger partial charge in [0.25, 0.3) is 0 Å². The number of aryl methyl sites for hydroxylation is 1. The molecule has 3 nitrogen and oxygen atoms in total. The molecule has 0 saturated carbocycles. The molecule has 0 aliphatic rings. The normalized spacial score (nSPS) is 10.8. The largest absolute Gasteiger partial charge is 0.465 e. The second-order valence-corrected chi connectivity index (χ2v) is 4.14. The summed E-state index contributed by atoms with van der Waals surface area (Å²) in [6, 6.07) is 2.52. The van der Waals surface area contributed by atoms with Crippen LogP contribution in [0.2, 0.25) is 0 Å². The molecule has 16 heavy (non-hydrogen) atoms. The van der Waals surface area contributed by atoms with Gasteiger partial charge in [0.15, 0.2) is 0 Å². The quantitative estimate of drug-likeness (QED) is 0.754. The van der Waals surface area contributed by atoms with Crippen LogP contribution in [0.5, 0.6) is 0 Å². The van der Waals surface area contributed by atoms with Gasteiger partial charge in [-0.1, -0.05) is 0 Å². The minimum atomic E-state index is -0.497. The smallest absolute Gasteiger partial charge is 0.342 e. The van der Waals surface area contributed by atoms with Gasteiger partial charge in [-0.2, -0.15) is 0 Å². The van der Waals surface area contributed by atoms with Crippen LogP contribution >= 0.6 is 15.9 Å². The van der Waals surface area contributed by atoms with Crippen molar-refractivity contribution in [1.82, 2.24) is 0 Å². The Hall–Kier alpha value is -1.36. The van der Waals surface area contributed by atoms with Crippen molar-refractivity contribution >= 4 is 32.9 Å². The van der Waals surface area contributed by atoms with E-state index in [4.69, 9.17) is 4.42 Å². The van der Waals surface area contributed by atoms with Crippen molar-refractivity contribution in [3.63, 3.8) is 0 Å². The third kappa shape index (κ3) is 1.61. The average Bonchev–Trinajstić information content (AvgIpc) is 2.53. The molecule has 84 valence electrons. The van der Waals surface area contributed by atoms with Gasteiger partial charge >= 0.3 is 5.97 Å². The Morgan fingerprint density at radius 2 is 2.19 bits per heavy atom. The first-order valence-electron chi connectivity index (χ1n) is 4.51. The highest BCUT2D eigenvalue weighted by molar-refractivity contribution is 9.10. The zero-order valence-electron chi connectivity index (χ0n) is 8.64. The Morgan fingerprint density at radius 3 is 2.81 bits per heavy atom. The number of halogens is 2. The van der Waals surface area contributed by atoms with Crippen molar-refractivity contribution in [2.45, 2.75) is 6.92 Å². The van der Waals surface area contributed by atoms with E-state index in [-0.39, 0.29) is 0 Å². The van der Waals surface area contributed by atoms with Crippen LogP contribution in [0.25, 0.3) is 11.0 Å². The minimum Gasteiger partial charge on any atom is -0.465 e. The van der Waals surface area contributed by atoms with Crippen LogP contribution in [0.3, 0.4) is 0 Å². The van der Waals surface area contributed by atoms with E-state index in [0.717, 1.165) is 0 Å². The molecule has 1 aromatic heterocycles. The number of carbonyl (C=O) groups excluding carboxylic acids is 1. The van der Waals surface area contributed by atoms with Crippen LogP contribution in [0.1, 0.15) is 16.1 Å². The fourth-order valence-electron chi connectivity index (χ4n) is 1.61. The maximum atomic E-state index is 13.1. The van der Waals surface area contributed by atoms with Gasteiger partial charge < -0.3 is 9.15 Å². The van der Waals surface area contributed by atoms with Gasteiger partial charge in [-0.15, -0.1) is 0 Å². The Bertz CT molecular complexity index is 574. The van der Waals surface area contributed by atoms with Gasteiger partial charge in [0.2, 0.25) is 0 Å². The van der Waals surface area contributed by atoms with Crippen LogP contribution in [0.15, 0.2) is 21.0 Å². The van der Waals surface area contributed by atoms with Crippen molar-refractivity contribution in [2.75, 3.05) is 7.11 Å². The maximum absolute atomic E-state index is 13.1. The topological polar surface area (TPSA) is 39.4 Å². The summed E-state index contributed by atoms with van der Waals surface area (Å²) in [5, 5.41) is 0.533. The highest BCUT2D eigenvalue weighted by Crippen LogP contribution is 2.33. The number of carbonyl (C=O) groups is 1. The number of ether oxygens (including phenoxy) is 1. The zero-order valence-corrected chi connectivity index (χ0v) is 10.2. The highest BCUT2D eigenvalue weighted by atomic mass is 79.9. The molecule has 0 N–H and O–H groups in total. The van der Waals surface area contributed by atoms with Gasteiger partial charge in [-0.05, 0) is 28.9 Å². The molecule has 1 aromatic carbocycles. The number of benzene rings is 1. The Kier molecular flexibility index (Phi) is 2.71. The standard InChI is InChI=1S/C11H8BrFO3/c1-5-9(11(14)15-2)10-7(12)3-6(13)4-8(10)16-5/h3-4H,1-2H3. The summed E-state index contributed by atoms with van der Waals surface area (Å²) >= 11 is 3.20. The third-order valence-electron chi connectivity index (χ3n) is 2.27. The number of rotatable bonds is 1. The molecule has 0 atom stereocenters. The number of methoxy groups -OCH3 is 1. The molecule has 0 aliphatic heterocycles. The lowest BCUT2D eigenvalue weighted by molar-refractivity contribution is 0.0600. The third-order valence-corrected chi connectivity index (χ3v) is 2.90. The average molecular weight is 287 g/mol. The first-order valence-corrected chi connectivity index (χ1v) is 5.30. The number of hydrogen-bond donors (Lipinski definition) is 0. The second-order valence-electron chi connectivity index (χ2n) is 3.29. The van der Waals surface area contributed by atoms with Crippen LogP contribution in [-0.2, 0) is 4.74 Å². The predicted molar refractivity (Wildman–Crippen MR) is 59.9 cm³/mol. The van der Waals surface area contributed by atoms with Crippen LogP contribution in [-0.4, -0.2) is 13.1 Å². The van der Waals surface area contributed by atoms with Crippen molar-refractivity contribution in [3.8, 4) is 0 Å². The predicted octanol–water partition coefficient (Wildman–Crippen LogP) is 3.43. The fourth-order valence-corrected chi connectivity index (χ4v) is 2.23. The lowest BCUT2D eigenvalue weighted by Crippen LogP contribution is -2.02. The maximum Gasteiger partial charge on any atom is 0.342 e. The monoisotopic (exact) mass is 286 g/mol. The molecule has 0 radical (unpaired) electrons. The number of esters is 1. The molecule has 0 bridgehead atoms. The fraction of sp³-hybridized carbons (Fsp3) is 0.182. The molecule has 0 fully saturated rings. The Balaban J connectivity index is 2.84. The highest BCUT2D eigenvalue weighted by Gasteiger charge is 2.21. The lowest BCUT2D eigenvalue weighted by Gasteiger charge is -1.99. The summed E-state index contributed by atoms with van der Waals surface area (Å²) < 4.78 is 23.6. The molecule has 0 spiro atoms. The first-order chi connectivity index (χ1) is 7.54. The molecule has 2 aromatic rings. The van der Waals surface area contributed by atoms with Crippen molar-refractivity contribution in [2.24, 2.45) is 0 Å². The Morgan fingerprint density at radius 1 is 1.50 bits per heavy atom. The molecule has 5 heteroatoms. The number of hydrogen-bond acceptors (Lipinski definition) is 3. The SMILES string of the molecule is COC(=O)c1c(C)oc2cc(F)cc(Br)c12. The van der Waals surface area contributed by atoms with E-state index < -0.39 is 11.8 Å². The lowest BCUT2D eigenvalue weighted by atomic mass is 10.1. The molecule has 0 amide bonds. The van der Waals surface area contributed by atoms with Gasteiger partial charge in [0.1, 0.15) is 22.7 Å². The minimum absolute atomic E-state index is 0.323. The van der Waals surface area contributed by atoms with Crippen LogP contribution < -0.4 is 0 Å². The van der Waals surface area contributed by atoms with E-state index in [9.17, 15) is 9.18 Å². The molecule has 0 aliphatic carbocycles. The summed E-state index contributed by atoms with van der Waals surface area (Å²) in [6.45, 7) is 1.64. The van der Waals surface area contributed by atoms with E-state index in [1.165, 1.54) is 19.2 Å². The summed E-state index contributed by atoms with van der Waals surface area (Å²) in [4.78, 5) is 11.5. The summed E-state index contributed by atoms with van der Waals surface area (Å²) in [6.07, 6.45) is 0. The zero-order chi connectivity index (χ0) is 11.9. The van der Waals surface area contributed by atoms with Crippen molar-refractivity contribution in [1.29, 1.82) is 0 Å². The molecular formula is C11H8BrFO3. The molecular weight excluding hydrogens is 279 g/mol. The van der Waals surface area contributed by atoms with Gasteiger partial charge in [0.05, 0.1) is 7.11 Å². The van der Waals surface area contributed by atoms with Crippen LogP contribution in [0.4, 0.5) is 4.39 Å². The number of fused-ring (bicyclic) bond motifs is 1. The molecule has 1 heterocycles. The number of furan rings is 1. The molecule has 0 unspecified atom stereocenters. The van der Waals surface area contributed by atoms with Gasteiger partial charge in [-0.25, -0.2) is 9.18 Å². The van der Waals surface area contributed by atoms with Gasteiger partial charge in [-0.3, -0.25) is 0 Å². The summed E-state index contributed by atoms with van der Waals surface area (Å²) in [5.41, 5.74) is 0.647. The van der Waals surface area contributed by atoms with Crippen molar-refractivity contribution < 1.29 is 18.3 Å². The van der Waals surface area contributed by atoms with E-state index in [2.05, 4.69) is 20.7 Å². The van der Waals surface area contributed by atoms with Gasteiger partial charge in [0, 0.05) is 15.9 Å². The summed E-state index contributed by atoms with van der Waals surface area (Å²) in [7, 11) is 1.29.